The smallest absolute Gasteiger partial charge is 0.312 e. The molecule has 2 aromatic carbocycles. The second-order valence-electron chi connectivity index (χ2n) is 4.29. The van der Waals surface area contributed by atoms with Gasteiger partial charge in [0.1, 0.15) is 5.71 Å². The number of hydrogen-bond acceptors (Lipinski definition) is 3. The second-order valence-corrected chi connectivity index (χ2v) is 5.21. The number of rotatable bonds is 2. The summed E-state index contributed by atoms with van der Waals surface area (Å²) in [6, 6.07) is 17.2. The Morgan fingerprint density at radius 2 is 1.70 bits per heavy atom. The molecule has 0 bridgehead atoms. The summed E-state index contributed by atoms with van der Waals surface area (Å²) in [6.45, 7) is 0. The molecule has 4 heteroatoms. The molecule has 3 nitrogen and oxygen atoms in total. The second kappa shape index (κ2) is 5.43. The van der Waals surface area contributed by atoms with Crippen molar-refractivity contribution in [3.8, 4) is 0 Å². The predicted octanol–water partition coefficient (Wildman–Crippen LogP) is 3.79. The van der Waals surface area contributed by atoms with Gasteiger partial charge in [0.05, 0.1) is 5.57 Å². The van der Waals surface area contributed by atoms with Crippen molar-refractivity contribution >= 4 is 33.7 Å². The molecule has 0 unspecified atom stereocenters. The number of carbonyl (C=O) groups excluding carboxylic acids is 1. The van der Waals surface area contributed by atoms with Crippen LogP contribution in [0.15, 0.2) is 69.8 Å². The van der Waals surface area contributed by atoms with E-state index in [4.69, 9.17) is 4.84 Å². The highest BCUT2D eigenvalue weighted by molar-refractivity contribution is 9.10. The van der Waals surface area contributed by atoms with E-state index >= 15 is 0 Å². The lowest BCUT2D eigenvalue weighted by Crippen LogP contribution is -2.06. The summed E-state index contributed by atoms with van der Waals surface area (Å²) in [4.78, 5) is 16.6. The molecule has 0 aliphatic carbocycles. The van der Waals surface area contributed by atoms with Crippen LogP contribution in [0.3, 0.4) is 0 Å². The largest absolute Gasteiger partial charge is 0.368 e. The first-order valence-corrected chi connectivity index (χ1v) is 6.86. The van der Waals surface area contributed by atoms with E-state index in [1.807, 2.05) is 54.6 Å². The third kappa shape index (κ3) is 2.56. The van der Waals surface area contributed by atoms with Crippen molar-refractivity contribution in [2.45, 2.75) is 0 Å². The van der Waals surface area contributed by atoms with Gasteiger partial charge < -0.3 is 4.84 Å². The van der Waals surface area contributed by atoms with Crippen LogP contribution in [0.2, 0.25) is 0 Å². The summed E-state index contributed by atoms with van der Waals surface area (Å²) < 4.78 is 0.991. The topological polar surface area (TPSA) is 38.7 Å². The van der Waals surface area contributed by atoms with Gasteiger partial charge in [-0.05, 0) is 23.8 Å². The molecule has 0 saturated heterocycles. The average Bonchev–Trinajstić information content (AvgIpc) is 2.84. The minimum atomic E-state index is -0.424. The van der Waals surface area contributed by atoms with E-state index < -0.39 is 5.97 Å². The predicted molar refractivity (Wildman–Crippen MR) is 81.2 cm³/mol. The molecule has 0 aromatic heterocycles. The number of nitrogens with zero attached hydrogens (tertiary/aromatic N) is 1. The van der Waals surface area contributed by atoms with Gasteiger partial charge in [-0.3, -0.25) is 0 Å². The van der Waals surface area contributed by atoms with E-state index in [1.54, 1.807) is 6.08 Å². The number of carbonyl (C=O) groups is 1. The average molecular weight is 328 g/mol. The fraction of sp³-hybridized carbons (Fsp3) is 0. The summed E-state index contributed by atoms with van der Waals surface area (Å²) in [6.07, 6.45) is 1.79. The van der Waals surface area contributed by atoms with Crippen LogP contribution in [0.1, 0.15) is 11.1 Å². The van der Waals surface area contributed by atoms with Gasteiger partial charge in [-0.15, -0.1) is 0 Å². The minimum Gasteiger partial charge on any atom is -0.312 e. The Bertz CT molecular complexity index is 703. The molecular formula is C16H10BrNO2. The zero-order valence-electron chi connectivity index (χ0n) is 10.4. The maximum Gasteiger partial charge on any atom is 0.368 e. The molecule has 0 amide bonds. The number of hydrogen-bond donors (Lipinski definition) is 0. The first-order valence-electron chi connectivity index (χ1n) is 6.06. The Kier molecular flexibility index (Phi) is 3.48. The Balaban J connectivity index is 2.00. The van der Waals surface area contributed by atoms with E-state index in [-0.39, 0.29) is 0 Å². The summed E-state index contributed by atoms with van der Waals surface area (Å²) in [5, 5.41) is 3.87. The maximum atomic E-state index is 11.8. The van der Waals surface area contributed by atoms with Gasteiger partial charge in [0.15, 0.2) is 0 Å². The van der Waals surface area contributed by atoms with Crippen LogP contribution in [0, 0.1) is 0 Å². The van der Waals surface area contributed by atoms with Crippen LogP contribution in [0.25, 0.3) is 6.08 Å². The van der Waals surface area contributed by atoms with Gasteiger partial charge in [0.2, 0.25) is 0 Å². The van der Waals surface area contributed by atoms with Gasteiger partial charge in [-0.25, -0.2) is 4.79 Å². The molecule has 3 rings (SSSR count). The van der Waals surface area contributed by atoms with Crippen LogP contribution in [-0.4, -0.2) is 11.7 Å². The quantitative estimate of drug-likeness (QED) is 0.621. The first kappa shape index (κ1) is 12.8. The molecule has 98 valence electrons. The zero-order valence-corrected chi connectivity index (χ0v) is 12.0. The molecule has 20 heavy (non-hydrogen) atoms. The normalized spacial score (nSPS) is 16.1. The molecule has 0 spiro atoms. The molecule has 2 aromatic rings. The van der Waals surface area contributed by atoms with E-state index in [9.17, 15) is 4.79 Å². The Hall–Kier alpha value is -2.20. The van der Waals surface area contributed by atoms with Crippen molar-refractivity contribution in [3.05, 3.63) is 75.8 Å². The molecule has 0 N–H and O–H groups in total. The first-order chi connectivity index (χ1) is 9.74. The van der Waals surface area contributed by atoms with Crippen LogP contribution in [0.5, 0.6) is 0 Å². The third-order valence-electron chi connectivity index (χ3n) is 2.92. The van der Waals surface area contributed by atoms with Gasteiger partial charge >= 0.3 is 5.97 Å². The summed E-state index contributed by atoms with van der Waals surface area (Å²) in [5.41, 5.74) is 2.82. The van der Waals surface area contributed by atoms with Crippen LogP contribution >= 0.6 is 15.9 Å². The Labute approximate surface area is 124 Å². The number of oxime groups is 1. The van der Waals surface area contributed by atoms with E-state index in [0.717, 1.165) is 15.6 Å². The number of benzene rings is 2. The monoisotopic (exact) mass is 327 g/mol. The van der Waals surface area contributed by atoms with Gasteiger partial charge in [-0.1, -0.05) is 63.6 Å². The van der Waals surface area contributed by atoms with Crippen molar-refractivity contribution in [1.82, 2.24) is 0 Å². The highest BCUT2D eigenvalue weighted by Gasteiger charge is 2.26. The molecule has 0 saturated carbocycles. The fourth-order valence-electron chi connectivity index (χ4n) is 1.94. The maximum absolute atomic E-state index is 11.8. The van der Waals surface area contributed by atoms with E-state index in [0.29, 0.717) is 11.3 Å². The molecular weight excluding hydrogens is 318 g/mol. The zero-order chi connectivity index (χ0) is 13.9. The van der Waals surface area contributed by atoms with Crippen molar-refractivity contribution < 1.29 is 9.63 Å². The molecule has 0 atom stereocenters. The Morgan fingerprint density at radius 1 is 1.00 bits per heavy atom. The lowest BCUT2D eigenvalue weighted by atomic mass is 10.0. The van der Waals surface area contributed by atoms with Gasteiger partial charge in [-0.2, -0.15) is 0 Å². The fourth-order valence-corrected chi connectivity index (χ4v) is 2.20. The van der Waals surface area contributed by atoms with Gasteiger partial charge in [0, 0.05) is 10.0 Å². The summed E-state index contributed by atoms with van der Waals surface area (Å²) >= 11 is 3.38. The van der Waals surface area contributed by atoms with Crippen molar-refractivity contribution in [2.24, 2.45) is 5.16 Å². The molecule has 1 aliphatic heterocycles. The molecule has 0 radical (unpaired) electrons. The van der Waals surface area contributed by atoms with Crippen LogP contribution < -0.4 is 0 Å². The molecule has 0 fully saturated rings. The van der Waals surface area contributed by atoms with E-state index in [2.05, 4.69) is 21.1 Å². The van der Waals surface area contributed by atoms with Crippen molar-refractivity contribution in [3.63, 3.8) is 0 Å². The Morgan fingerprint density at radius 3 is 2.40 bits per heavy atom. The standard InChI is InChI=1S/C16H10BrNO2/c17-13-8-6-11(7-9-13)10-14-15(18-20-16(14)19)12-4-2-1-3-5-12/h1-10H. The van der Waals surface area contributed by atoms with Crippen molar-refractivity contribution in [1.29, 1.82) is 0 Å². The third-order valence-corrected chi connectivity index (χ3v) is 3.45. The van der Waals surface area contributed by atoms with Gasteiger partial charge in [0.25, 0.3) is 0 Å². The SMILES string of the molecule is O=C1ON=C(c2ccccc2)C1=Cc1ccc(Br)cc1. The lowest BCUT2D eigenvalue weighted by molar-refractivity contribution is -0.136. The van der Waals surface area contributed by atoms with Crippen LogP contribution in [-0.2, 0) is 9.63 Å². The molecule has 1 aliphatic rings. The summed E-state index contributed by atoms with van der Waals surface area (Å²) in [7, 11) is 0. The van der Waals surface area contributed by atoms with E-state index in [1.165, 1.54) is 0 Å². The highest BCUT2D eigenvalue weighted by atomic mass is 79.9. The van der Waals surface area contributed by atoms with Crippen LogP contribution in [0.4, 0.5) is 0 Å². The highest BCUT2D eigenvalue weighted by Crippen LogP contribution is 2.21. The summed E-state index contributed by atoms with van der Waals surface area (Å²) in [5.74, 6) is -0.424. The lowest BCUT2D eigenvalue weighted by Gasteiger charge is -2.00. The number of halogens is 1. The molecule has 1 heterocycles. The minimum absolute atomic E-state index is 0.424. The van der Waals surface area contributed by atoms with Crippen molar-refractivity contribution in [2.75, 3.05) is 0 Å².